The van der Waals surface area contributed by atoms with Gasteiger partial charge in [-0.25, -0.2) is 8.42 Å². The zero-order valence-corrected chi connectivity index (χ0v) is 25.5. The number of aryl methyl sites for hydroxylation is 2. The van der Waals surface area contributed by atoms with E-state index >= 15 is 0 Å². The van der Waals surface area contributed by atoms with Gasteiger partial charge >= 0.3 is 0 Å². The molecule has 0 fully saturated rings. The minimum Gasteiger partial charge on any atom is -0.354 e. The lowest BCUT2D eigenvalue weighted by Gasteiger charge is -2.32. The molecule has 0 saturated heterocycles. The van der Waals surface area contributed by atoms with E-state index in [0.29, 0.717) is 22.8 Å². The van der Waals surface area contributed by atoms with Crippen LogP contribution in [0.4, 0.5) is 5.69 Å². The summed E-state index contributed by atoms with van der Waals surface area (Å²) in [6.45, 7) is 11.3. The van der Waals surface area contributed by atoms with Crippen molar-refractivity contribution in [2.45, 2.75) is 59.0 Å². The molecule has 7 nitrogen and oxygen atoms in total. The number of carbonyl (C=O) groups is 2. The predicted octanol–water partition coefficient (Wildman–Crippen LogP) is 5.65. The van der Waals surface area contributed by atoms with Crippen molar-refractivity contribution in [2.75, 3.05) is 17.4 Å². The number of nitrogens with zero attached hydrogens (tertiary/aromatic N) is 2. The molecule has 0 aromatic heterocycles. The SMILES string of the molecule is Cc1ccc(CN(C(=O)CN(c2cccc(Cl)c2C)S(=O)(=O)c2ccc(C)cc2)C(C)C(=O)NCC(C)C)cc1. The summed E-state index contributed by atoms with van der Waals surface area (Å²) < 4.78 is 29.0. The van der Waals surface area contributed by atoms with E-state index in [1.807, 2.05) is 52.0 Å². The van der Waals surface area contributed by atoms with Crippen LogP contribution in [0.15, 0.2) is 71.6 Å². The molecule has 0 aliphatic rings. The third kappa shape index (κ3) is 7.64. The van der Waals surface area contributed by atoms with E-state index in [1.54, 1.807) is 44.2 Å². The van der Waals surface area contributed by atoms with Crippen LogP contribution < -0.4 is 9.62 Å². The van der Waals surface area contributed by atoms with E-state index in [2.05, 4.69) is 5.32 Å². The predicted molar refractivity (Wildman–Crippen MR) is 161 cm³/mol. The van der Waals surface area contributed by atoms with Crippen molar-refractivity contribution < 1.29 is 18.0 Å². The first-order valence-corrected chi connectivity index (χ1v) is 15.1. The molecule has 0 spiro atoms. The molecule has 2 amide bonds. The Morgan fingerprint density at radius 2 is 1.45 bits per heavy atom. The summed E-state index contributed by atoms with van der Waals surface area (Å²) in [5.41, 5.74) is 3.63. The fourth-order valence-electron chi connectivity index (χ4n) is 4.14. The first-order valence-electron chi connectivity index (χ1n) is 13.3. The lowest BCUT2D eigenvalue weighted by Crippen LogP contribution is -2.51. The second-order valence-corrected chi connectivity index (χ2v) is 12.8. The number of anilines is 1. The van der Waals surface area contributed by atoms with Gasteiger partial charge in [-0.05, 0) is 69.0 Å². The van der Waals surface area contributed by atoms with Crippen molar-refractivity contribution in [3.8, 4) is 0 Å². The van der Waals surface area contributed by atoms with Crippen LogP contribution in [0.3, 0.4) is 0 Å². The van der Waals surface area contributed by atoms with Gasteiger partial charge in [-0.2, -0.15) is 0 Å². The summed E-state index contributed by atoms with van der Waals surface area (Å²) in [6.07, 6.45) is 0. The molecule has 1 atom stereocenters. The monoisotopic (exact) mass is 583 g/mol. The number of hydrogen-bond donors (Lipinski definition) is 1. The lowest BCUT2D eigenvalue weighted by atomic mass is 10.1. The molecule has 3 rings (SSSR count). The van der Waals surface area contributed by atoms with Gasteiger partial charge in [0, 0.05) is 18.1 Å². The van der Waals surface area contributed by atoms with Gasteiger partial charge in [-0.15, -0.1) is 0 Å². The van der Waals surface area contributed by atoms with Crippen LogP contribution in [0.2, 0.25) is 5.02 Å². The molecule has 1 unspecified atom stereocenters. The maximum Gasteiger partial charge on any atom is 0.264 e. The van der Waals surface area contributed by atoms with Gasteiger partial charge < -0.3 is 10.2 Å². The number of carbonyl (C=O) groups excluding carboxylic acids is 2. The Morgan fingerprint density at radius 3 is 2.02 bits per heavy atom. The van der Waals surface area contributed by atoms with Crippen molar-refractivity contribution in [3.05, 3.63) is 94.0 Å². The van der Waals surface area contributed by atoms with E-state index in [0.717, 1.165) is 21.0 Å². The summed E-state index contributed by atoms with van der Waals surface area (Å²) in [4.78, 5) is 28.6. The average Bonchev–Trinajstić information content (AvgIpc) is 2.91. The van der Waals surface area contributed by atoms with Gasteiger partial charge in [0.1, 0.15) is 12.6 Å². The summed E-state index contributed by atoms with van der Waals surface area (Å²) >= 11 is 6.38. The highest BCUT2D eigenvalue weighted by atomic mass is 35.5. The topological polar surface area (TPSA) is 86.8 Å². The van der Waals surface area contributed by atoms with Crippen LogP contribution in [0.5, 0.6) is 0 Å². The van der Waals surface area contributed by atoms with Crippen LogP contribution >= 0.6 is 11.6 Å². The van der Waals surface area contributed by atoms with E-state index < -0.39 is 28.5 Å². The molecule has 0 saturated carbocycles. The van der Waals surface area contributed by atoms with Crippen LogP contribution in [-0.4, -0.2) is 44.3 Å². The van der Waals surface area contributed by atoms with E-state index in [9.17, 15) is 18.0 Å². The molecule has 3 aromatic carbocycles. The Morgan fingerprint density at radius 1 is 0.875 bits per heavy atom. The van der Waals surface area contributed by atoms with E-state index in [4.69, 9.17) is 11.6 Å². The van der Waals surface area contributed by atoms with Gasteiger partial charge in [0.25, 0.3) is 10.0 Å². The highest BCUT2D eigenvalue weighted by molar-refractivity contribution is 7.92. The Bertz CT molecular complexity index is 1440. The molecule has 0 radical (unpaired) electrons. The number of nitrogens with one attached hydrogen (secondary N) is 1. The zero-order chi connectivity index (χ0) is 29.6. The summed E-state index contributed by atoms with van der Waals surface area (Å²) in [5.74, 6) is -0.581. The first kappa shape index (κ1) is 31.2. The number of amides is 2. The molecule has 9 heteroatoms. The maximum atomic E-state index is 14.0. The number of benzene rings is 3. The number of sulfonamides is 1. The maximum absolute atomic E-state index is 14.0. The van der Waals surface area contributed by atoms with Gasteiger partial charge in [0.15, 0.2) is 0 Å². The van der Waals surface area contributed by atoms with E-state index in [-0.39, 0.29) is 23.3 Å². The number of rotatable bonds is 11. The Balaban J connectivity index is 2.05. The van der Waals surface area contributed by atoms with Crippen molar-refractivity contribution >= 4 is 39.1 Å². The minimum atomic E-state index is -4.16. The van der Waals surface area contributed by atoms with Crippen LogP contribution in [0, 0.1) is 26.7 Å². The van der Waals surface area contributed by atoms with Gasteiger partial charge in [0.05, 0.1) is 10.6 Å². The van der Waals surface area contributed by atoms with Crippen molar-refractivity contribution in [1.82, 2.24) is 10.2 Å². The fourth-order valence-corrected chi connectivity index (χ4v) is 5.78. The molecular weight excluding hydrogens is 546 g/mol. The van der Waals surface area contributed by atoms with Crippen LogP contribution in [0.25, 0.3) is 0 Å². The van der Waals surface area contributed by atoms with Gasteiger partial charge in [-0.3, -0.25) is 13.9 Å². The van der Waals surface area contributed by atoms with E-state index in [1.165, 1.54) is 17.0 Å². The molecule has 1 N–H and O–H groups in total. The van der Waals surface area contributed by atoms with Crippen molar-refractivity contribution in [3.63, 3.8) is 0 Å². The largest absolute Gasteiger partial charge is 0.354 e. The third-order valence-electron chi connectivity index (χ3n) is 6.72. The highest BCUT2D eigenvalue weighted by Gasteiger charge is 2.33. The molecule has 0 aliphatic carbocycles. The molecular formula is C31H38ClN3O4S. The highest BCUT2D eigenvalue weighted by Crippen LogP contribution is 2.31. The molecule has 214 valence electrons. The van der Waals surface area contributed by atoms with Gasteiger partial charge in [0.2, 0.25) is 11.8 Å². The number of hydrogen-bond acceptors (Lipinski definition) is 4. The summed E-state index contributed by atoms with van der Waals surface area (Å²) in [6, 6.07) is 18.2. The first-order chi connectivity index (χ1) is 18.8. The summed E-state index contributed by atoms with van der Waals surface area (Å²) in [7, 11) is -4.16. The normalized spacial score (nSPS) is 12.2. The molecule has 0 heterocycles. The van der Waals surface area contributed by atoms with Crippen molar-refractivity contribution in [2.24, 2.45) is 5.92 Å². The molecule has 3 aromatic rings. The summed E-state index contributed by atoms with van der Waals surface area (Å²) in [5, 5.41) is 3.27. The Labute approximate surface area is 243 Å². The second-order valence-electron chi connectivity index (χ2n) is 10.5. The smallest absolute Gasteiger partial charge is 0.264 e. The minimum absolute atomic E-state index is 0.0538. The van der Waals surface area contributed by atoms with Crippen LogP contribution in [-0.2, 0) is 26.2 Å². The van der Waals surface area contributed by atoms with Crippen molar-refractivity contribution in [1.29, 1.82) is 0 Å². The Kier molecular flexibility index (Phi) is 10.4. The lowest BCUT2D eigenvalue weighted by molar-refractivity contribution is -0.139. The number of halogens is 1. The third-order valence-corrected chi connectivity index (χ3v) is 8.90. The Hall–Kier alpha value is -3.36. The molecule has 0 aliphatic heterocycles. The fraction of sp³-hybridized carbons (Fsp3) is 0.355. The molecule has 40 heavy (non-hydrogen) atoms. The average molecular weight is 584 g/mol. The van der Waals surface area contributed by atoms with Gasteiger partial charge in [-0.1, -0.05) is 79.0 Å². The molecule has 0 bridgehead atoms. The zero-order valence-electron chi connectivity index (χ0n) is 23.9. The van der Waals surface area contributed by atoms with Crippen LogP contribution in [0.1, 0.15) is 43.0 Å². The standard InChI is InChI=1S/C31H38ClN3O4S/c1-21(2)18-33-31(37)25(6)34(19-26-14-10-22(3)11-15-26)30(36)20-35(29-9-7-8-28(32)24(29)5)40(38,39)27-16-12-23(4)13-17-27/h7-17,21,25H,18-20H2,1-6H3,(H,33,37). The second kappa shape index (κ2) is 13.3. The quantitative estimate of drug-likeness (QED) is 0.316.